The summed E-state index contributed by atoms with van der Waals surface area (Å²) in [4.78, 5) is 28.5. The van der Waals surface area contributed by atoms with E-state index in [1.54, 1.807) is 36.3 Å². The molecule has 0 radical (unpaired) electrons. The van der Waals surface area contributed by atoms with Crippen LogP contribution < -0.4 is 14.4 Å². The fourth-order valence-corrected chi connectivity index (χ4v) is 5.96. The van der Waals surface area contributed by atoms with E-state index in [0.717, 1.165) is 37.5 Å². The first-order valence-electron chi connectivity index (χ1n) is 13.5. The second-order valence-electron chi connectivity index (χ2n) is 9.91. The average molecular weight is 544 g/mol. The maximum atomic E-state index is 13.6. The first-order valence-corrected chi connectivity index (χ1v) is 15.3. The van der Waals surface area contributed by atoms with E-state index in [1.165, 1.54) is 10.7 Å². The zero-order valence-corrected chi connectivity index (χ0v) is 23.6. The smallest absolute Gasteiger partial charge is 0.243 e. The van der Waals surface area contributed by atoms with E-state index in [0.29, 0.717) is 30.8 Å². The number of amides is 2. The predicted octanol–water partition coefficient (Wildman–Crippen LogP) is 4.50. The number of sulfonamides is 1. The molecule has 0 spiro atoms. The highest BCUT2D eigenvalue weighted by atomic mass is 32.2. The SMILES string of the molecule is CC[C@@H](C(=O)NC1CCCCC1)N(Cc1ccccc1)C(=O)CCCN(c1ccc(OC)cc1)S(C)(=O)=O. The molecule has 1 saturated carbocycles. The molecule has 9 heteroatoms. The van der Waals surface area contributed by atoms with Crippen LogP contribution in [0.1, 0.15) is 63.9 Å². The van der Waals surface area contributed by atoms with Crippen molar-refractivity contribution in [2.24, 2.45) is 0 Å². The molecule has 1 aliphatic rings. The second kappa shape index (κ2) is 14.2. The van der Waals surface area contributed by atoms with Crippen molar-refractivity contribution in [1.82, 2.24) is 10.2 Å². The minimum Gasteiger partial charge on any atom is -0.497 e. The fraction of sp³-hybridized carbons (Fsp3) is 0.517. The zero-order valence-electron chi connectivity index (χ0n) is 22.8. The molecule has 1 aliphatic carbocycles. The molecule has 0 bridgehead atoms. The van der Waals surface area contributed by atoms with Crippen LogP contribution in [0.4, 0.5) is 5.69 Å². The molecular formula is C29H41N3O5S. The van der Waals surface area contributed by atoms with Gasteiger partial charge in [0.05, 0.1) is 19.1 Å². The van der Waals surface area contributed by atoms with Crippen LogP contribution in [-0.4, -0.2) is 57.1 Å². The molecule has 2 amide bonds. The topological polar surface area (TPSA) is 96.0 Å². The largest absolute Gasteiger partial charge is 0.497 e. The zero-order chi connectivity index (χ0) is 27.5. The highest BCUT2D eigenvalue weighted by molar-refractivity contribution is 7.92. The molecule has 0 heterocycles. The van der Waals surface area contributed by atoms with E-state index in [1.807, 2.05) is 37.3 Å². The minimum absolute atomic E-state index is 0.111. The van der Waals surface area contributed by atoms with E-state index in [9.17, 15) is 18.0 Å². The lowest BCUT2D eigenvalue weighted by molar-refractivity contribution is -0.141. The van der Waals surface area contributed by atoms with Crippen molar-refractivity contribution in [3.8, 4) is 5.75 Å². The number of nitrogens with one attached hydrogen (secondary N) is 1. The lowest BCUT2D eigenvalue weighted by Gasteiger charge is -2.33. The second-order valence-corrected chi connectivity index (χ2v) is 11.8. The molecule has 1 fully saturated rings. The van der Waals surface area contributed by atoms with Crippen molar-refractivity contribution in [3.63, 3.8) is 0 Å². The van der Waals surface area contributed by atoms with E-state index in [-0.39, 0.29) is 30.8 Å². The first-order chi connectivity index (χ1) is 18.2. The van der Waals surface area contributed by atoms with E-state index in [2.05, 4.69) is 5.32 Å². The number of carbonyl (C=O) groups is 2. The van der Waals surface area contributed by atoms with Gasteiger partial charge in [0, 0.05) is 25.6 Å². The summed E-state index contributed by atoms with van der Waals surface area (Å²) in [5.41, 5.74) is 1.46. The van der Waals surface area contributed by atoms with Gasteiger partial charge in [0.25, 0.3) is 0 Å². The van der Waals surface area contributed by atoms with Crippen molar-refractivity contribution in [2.75, 3.05) is 24.2 Å². The summed E-state index contributed by atoms with van der Waals surface area (Å²) < 4.78 is 31.5. The Morgan fingerprint density at radius 1 is 1.03 bits per heavy atom. The summed E-state index contributed by atoms with van der Waals surface area (Å²) in [6.45, 7) is 2.40. The Kier molecular flexibility index (Phi) is 11.0. The van der Waals surface area contributed by atoms with Gasteiger partial charge < -0.3 is 15.0 Å². The van der Waals surface area contributed by atoms with Crippen LogP contribution in [0.25, 0.3) is 0 Å². The third kappa shape index (κ3) is 8.48. The summed E-state index contributed by atoms with van der Waals surface area (Å²) >= 11 is 0. The highest BCUT2D eigenvalue weighted by Crippen LogP contribution is 2.23. The molecular weight excluding hydrogens is 502 g/mol. The average Bonchev–Trinajstić information content (AvgIpc) is 2.91. The third-order valence-corrected chi connectivity index (χ3v) is 8.24. The molecule has 0 unspecified atom stereocenters. The number of hydrogen-bond acceptors (Lipinski definition) is 5. The van der Waals surface area contributed by atoms with Gasteiger partial charge in [-0.2, -0.15) is 0 Å². The van der Waals surface area contributed by atoms with Crippen LogP contribution in [0.2, 0.25) is 0 Å². The van der Waals surface area contributed by atoms with Crippen LogP contribution >= 0.6 is 0 Å². The van der Waals surface area contributed by atoms with E-state index >= 15 is 0 Å². The number of benzene rings is 2. The Morgan fingerprint density at radius 2 is 1.68 bits per heavy atom. The number of rotatable bonds is 13. The van der Waals surface area contributed by atoms with Crippen molar-refractivity contribution in [1.29, 1.82) is 0 Å². The number of hydrogen-bond donors (Lipinski definition) is 1. The fourth-order valence-electron chi connectivity index (χ4n) is 5.00. The molecule has 2 aromatic carbocycles. The molecule has 8 nitrogen and oxygen atoms in total. The van der Waals surface area contributed by atoms with E-state index in [4.69, 9.17) is 4.74 Å². The van der Waals surface area contributed by atoms with Gasteiger partial charge in [0.1, 0.15) is 11.8 Å². The molecule has 0 saturated heterocycles. The van der Waals surface area contributed by atoms with Crippen LogP contribution in [0, 0.1) is 0 Å². The summed E-state index contributed by atoms with van der Waals surface area (Å²) in [5, 5.41) is 3.19. The number of carbonyl (C=O) groups excluding carboxylic acids is 2. The van der Waals surface area contributed by atoms with Gasteiger partial charge >= 0.3 is 0 Å². The van der Waals surface area contributed by atoms with E-state index < -0.39 is 16.1 Å². The lowest BCUT2D eigenvalue weighted by atomic mass is 9.95. The Balaban J connectivity index is 1.72. The van der Waals surface area contributed by atoms with Gasteiger partial charge in [0.15, 0.2) is 0 Å². The predicted molar refractivity (Wildman–Crippen MR) is 151 cm³/mol. The van der Waals surface area contributed by atoms with Crippen LogP contribution in [-0.2, 0) is 26.2 Å². The normalized spacial score (nSPS) is 14.9. The Hall–Kier alpha value is -3.07. The molecule has 1 N–H and O–H groups in total. The van der Waals surface area contributed by atoms with Crippen molar-refractivity contribution >= 4 is 27.5 Å². The summed E-state index contributed by atoms with van der Waals surface area (Å²) in [5.74, 6) is 0.355. The van der Waals surface area contributed by atoms with Gasteiger partial charge in [-0.25, -0.2) is 8.42 Å². The van der Waals surface area contributed by atoms with Crippen molar-refractivity contribution in [2.45, 2.75) is 76.9 Å². The molecule has 208 valence electrons. The molecule has 3 rings (SSSR count). The Morgan fingerprint density at radius 3 is 2.26 bits per heavy atom. The number of ether oxygens (including phenoxy) is 1. The maximum absolute atomic E-state index is 13.6. The molecule has 1 atom stereocenters. The molecule has 38 heavy (non-hydrogen) atoms. The monoisotopic (exact) mass is 543 g/mol. The van der Waals surface area contributed by atoms with Crippen molar-refractivity contribution < 1.29 is 22.7 Å². The molecule has 0 aromatic heterocycles. The van der Waals surface area contributed by atoms with Crippen LogP contribution in [0.3, 0.4) is 0 Å². The lowest BCUT2D eigenvalue weighted by Crippen LogP contribution is -2.51. The Labute approximate surface area is 227 Å². The van der Waals surface area contributed by atoms with Gasteiger partial charge in [-0.05, 0) is 55.5 Å². The standard InChI is InChI=1S/C29H41N3O5S/c1-4-27(29(34)30-24-14-9-6-10-15-24)31(22-23-12-7-5-8-13-23)28(33)16-11-21-32(38(3,35)36)25-17-19-26(37-2)20-18-25/h5,7-8,12-13,17-20,24,27H,4,6,9-11,14-16,21-22H2,1-3H3,(H,30,34)/t27-/m0/s1. The number of nitrogens with zero attached hydrogens (tertiary/aromatic N) is 2. The molecule has 2 aromatic rings. The summed E-state index contributed by atoms with van der Waals surface area (Å²) in [6.07, 6.45) is 7.47. The van der Waals surface area contributed by atoms with Gasteiger partial charge in [-0.1, -0.05) is 56.5 Å². The van der Waals surface area contributed by atoms with Crippen LogP contribution in [0.5, 0.6) is 5.75 Å². The maximum Gasteiger partial charge on any atom is 0.243 e. The summed E-state index contributed by atoms with van der Waals surface area (Å²) in [7, 11) is -2.00. The summed E-state index contributed by atoms with van der Waals surface area (Å²) in [6, 6.07) is 16.0. The number of anilines is 1. The molecule has 0 aliphatic heterocycles. The van der Waals surface area contributed by atoms with Crippen LogP contribution in [0.15, 0.2) is 54.6 Å². The third-order valence-electron chi connectivity index (χ3n) is 7.05. The quantitative estimate of drug-likeness (QED) is 0.401. The van der Waals surface area contributed by atoms with Crippen molar-refractivity contribution in [3.05, 3.63) is 60.2 Å². The minimum atomic E-state index is -3.55. The van der Waals surface area contributed by atoms with Gasteiger partial charge in [-0.15, -0.1) is 0 Å². The Bertz CT molecular complexity index is 1130. The van der Waals surface area contributed by atoms with Gasteiger partial charge in [0.2, 0.25) is 21.8 Å². The first kappa shape index (κ1) is 29.5. The number of methoxy groups -OCH3 is 1. The highest BCUT2D eigenvalue weighted by Gasteiger charge is 2.30. The van der Waals surface area contributed by atoms with Gasteiger partial charge in [-0.3, -0.25) is 13.9 Å².